The van der Waals surface area contributed by atoms with Gasteiger partial charge in [0.05, 0.1) is 22.7 Å². The van der Waals surface area contributed by atoms with E-state index in [2.05, 4.69) is 21.2 Å². The quantitative estimate of drug-likeness (QED) is 0.150. The zero-order chi connectivity index (χ0) is 34.1. The molecule has 0 saturated heterocycles. The molecule has 11 heteroatoms. The number of rotatable bonds is 14. The van der Waals surface area contributed by atoms with Crippen molar-refractivity contribution in [2.24, 2.45) is 5.92 Å². The molecule has 4 aromatic rings. The van der Waals surface area contributed by atoms with Crippen LogP contribution in [0, 0.1) is 12.8 Å². The van der Waals surface area contributed by atoms with Crippen LogP contribution in [-0.4, -0.2) is 51.4 Å². The van der Waals surface area contributed by atoms with Gasteiger partial charge in [-0.25, -0.2) is 8.42 Å². The number of hydrogen-bond acceptors (Lipinski definition) is 5. The van der Waals surface area contributed by atoms with Crippen molar-refractivity contribution in [1.29, 1.82) is 0 Å². The van der Waals surface area contributed by atoms with Gasteiger partial charge < -0.3 is 15.0 Å². The number of benzene rings is 4. The van der Waals surface area contributed by atoms with Crippen LogP contribution in [0.1, 0.15) is 30.5 Å². The molecule has 1 atom stereocenters. The lowest BCUT2D eigenvalue weighted by Gasteiger charge is -2.34. The van der Waals surface area contributed by atoms with E-state index in [0.29, 0.717) is 12.3 Å². The Kier molecular flexibility index (Phi) is 12.5. The minimum Gasteiger partial charge on any atom is -0.495 e. The van der Waals surface area contributed by atoms with Crippen LogP contribution in [0.4, 0.5) is 5.69 Å². The first-order chi connectivity index (χ1) is 22.4. The number of aryl methyl sites for hydroxylation is 1. The SMILES string of the molecule is COc1ccc(N(CC(=O)N(Cc2ccc(Br)cc2)[C@H](Cc2ccccc2)C(=O)NCC(C)C)S(=O)(=O)c2ccc(C)cc2)cc1Cl. The predicted octanol–water partition coefficient (Wildman–Crippen LogP) is 7.03. The number of anilines is 1. The lowest BCUT2D eigenvalue weighted by atomic mass is 10.0. The van der Waals surface area contributed by atoms with Gasteiger partial charge in [-0.15, -0.1) is 0 Å². The van der Waals surface area contributed by atoms with E-state index in [-0.39, 0.29) is 40.4 Å². The fraction of sp³-hybridized carbons (Fsp3) is 0.278. The number of carbonyl (C=O) groups is 2. The highest BCUT2D eigenvalue weighted by Gasteiger charge is 2.35. The summed E-state index contributed by atoms with van der Waals surface area (Å²) in [6, 6.07) is 26.9. The third kappa shape index (κ3) is 9.59. The van der Waals surface area contributed by atoms with Gasteiger partial charge in [-0.05, 0) is 66.4 Å². The van der Waals surface area contributed by atoms with Gasteiger partial charge in [-0.3, -0.25) is 13.9 Å². The molecule has 0 bridgehead atoms. The van der Waals surface area contributed by atoms with Crippen LogP contribution in [0.15, 0.2) is 106 Å². The number of methoxy groups -OCH3 is 1. The van der Waals surface area contributed by atoms with E-state index in [0.717, 1.165) is 25.5 Å². The summed E-state index contributed by atoms with van der Waals surface area (Å²) in [5, 5.41) is 3.18. The molecule has 0 aliphatic heterocycles. The Morgan fingerprint density at radius 1 is 0.915 bits per heavy atom. The van der Waals surface area contributed by atoms with Crippen molar-refractivity contribution in [3.8, 4) is 5.75 Å². The monoisotopic (exact) mass is 739 g/mol. The smallest absolute Gasteiger partial charge is 0.264 e. The molecular formula is C36H39BrClN3O5S. The molecule has 4 aromatic carbocycles. The summed E-state index contributed by atoms with van der Waals surface area (Å²) in [7, 11) is -2.80. The maximum atomic E-state index is 14.6. The Balaban J connectivity index is 1.82. The summed E-state index contributed by atoms with van der Waals surface area (Å²) in [6.07, 6.45) is 0.228. The van der Waals surface area contributed by atoms with Crippen LogP contribution < -0.4 is 14.4 Å². The van der Waals surface area contributed by atoms with Crippen molar-refractivity contribution >= 4 is 55.1 Å². The number of nitrogens with one attached hydrogen (secondary N) is 1. The molecule has 0 heterocycles. The zero-order valence-electron chi connectivity index (χ0n) is 26.8. The van der Waals surface area contributed by atoms with Gasteiger partial charge in [-0.1, -0.05) is 102 Å². The first kappa shape index (κ1) is 36.0. The highest BCUT2D eigenvalue weighted by molar-refractivity contribution is 9.10. The molecule has 47 heavy (non-hydrogen) atoms. The Bertz CT molecular complexity index is 1770. The third-order valence-corrected chi connectivity index (χ3v) is 10.1. The maximum Gasteiger partial charge on any atom is 0.264 e. The number of halogens is 2. The predicted molar refractivity (Wildman–Crippen MR) is 190 cm³/mol. The van der Waals surface area contributed by atoms with Crippen molar-refractivity contribution in [2.75, 3.05) is 24.5 Å². The Morgan fingerprint density at radius 3 is 2.17 bits per heavy atom. The Morgan fingerprint density at radius 2 is 1.57 bits per heavy atom. The molecule has 1 N–H and O–H groups in total. The number of sulfonamides is 1. The van der Waals surface area contributed by atoms with Crippen molar-refractivity contribution in [1.82, 2.24) is 10.2 Å². The molecule has 248 valence electrons. The second-order valence-electron chi connectivity index (χ2n) is 11.6. The summed E-state index contributed by atoms with van der Waals surface area (Å²) in [6.45, 7) is 5.75. The van der Waals surface area contributed by atoms with E-state index in [4.69, 9.17) is 16.3 Å². The van der Waals surface area contributed by atoms with Crippen LogP contribution in [0.25, 0.3) is 0 Å². The average molecular weight is 741 g/mol. The number of hydrogen-bond donors (Lipinski definition) is 1. The normalized spacial score (nSPS) is 12.0. The molecule has 0 fully saturated rings. The highest BCUT2D eigenvalue weighted by atomic mass is 79.9. The second-order valence-corrected chi connectivity index (χ2v) is 14.8. The van der Waals surface area contributed by atoms with Gasteiger partial charge in [-0.2, -0.15) is 0 Å². The van der Waals surface area contributed by atoms with Crippen LogP contribution in [0.3, 0.4) is 0 Å². The summed E-state index contributed by atoms with van der Waals surface area (Å²) < 4.78 is 35.6. The average Bonchev–Trinajstić information content (AvgIpc) is 3.05. The molecule has 0 radical (unpaired) electrons. The summed E-state index contributed by atoms with van der Waals surface area (Å²) in [5.41, 5.74) is 2.70. The van der Waals surface area contributed by atoms with E-state index < -0.39 is 28.5 Å². The molecule has 4 rings (SSSR count). The molecule has 0 unspecified atom stereocenters. The number of amides is 2. The number of nitrogens with zero attached hydrogens (tertiary/aromatic N) is 2. The molecule has 8 nitrogen and oxygen atoms in total. The Labute approximate surface area is 290 Å². The van der Waals surface area contributed by atoms with E-state index >= 15 is 0 Å². The third-order valence-electron chi connectivity index (χ3n) is 7.53. The van der Waals surface area contributed by atoms with Crippen LogP contribution in [-0.2, 0) is 32.6 Å². The van der Waals surface area contributed by atoms with Gasteiger partial charge in [0, 0.05) is 24.0 Å². The van der Waals surface area contributed by atoms with Gasteiger partial charge >= 0.3 is 0 Å². The molecular weight excluding hydrogens is 702 g/mol. The van der Waals surface area contributed by atoms with Gasteiger partial charge in [0.1, 0.15) is 18.3 Å². The lowest BCUT2D eigenvalue weighted by Crippen LogP contribution is -2.53. The summed E-state index contributed by atoms with van der Waals surface area (Å²) in [4.78, 5) is 30.0. The molecule has 0 aliphatic carbocycles. The van der Waals surface area contributed by atoms with Gasteiger partial charge in [0.15, 0.2) is 0 Å². The minimum absolute atomic E-state index is 0.0119. The molecule has 0 aliphatic rings. The van der Waals surface area contributed by atoms with E-state index in [1.165, 1.54) is 30.2 Å². The zero-order valence-corrected chi connectivity index (χ0v) is 30.0. The van der Waals surface area contributed by atoms with Gasteiger partial charge in [0.25, 0.3) is 10.0 Å². The van der Waals surface area contributed by atoms with Crippen LogP contribution >= 0.6 is 27.5 Å². The van der Waals surface area contributed by atoms with E-state index in [9.17, 15) is 18.0 Å². The van der Waals surface area contributed by atoms with E-state index in [1.54, 1.807) is 24.3 Å². The van der Waals surface area contributed by atoms with Crippen molar-refractivity contribution in [3.63, 3.8) is 0 Å². The first-order valence-electron chi connectivity index (χ1n) is 15.2. The van der Waals surface area contributed by atoms with Crippen LogP contribution in [0.5, 0.6) is 5.75 Å². The topological polar surface area (TPSA) is 96.0 Å². The molecule has 0 spiro atoms. The Hall–Kier alpha value is -3.86. The molecule has 2 amide bonds. The number of ether oxygens (including phenoxy) is 1. The highest BCUT2D eigenvalue weighted by Crippen LogP contribution is 2.32. The summed E-state index contributed by atoms with van der Waals surface area (Å²) in [5.74, 6) is -0.345. The fourth-order valence-electron chi connectivity index (χ4n) is 4.94. The standard InChI is InChI=1S/C36H39BrClN3O5S/c1-25(2)22-39-36(43)33(20-27-8-6-5-7-9-27)40(23-28-12-14-29(37)15-13-28)35(42)24-41(30-16-19-34(46-4)32(38)21-30)47(44,45)31-17-10-26(3)11-18-31/h5-19,21,25,33H,20,22-24H2,1-4H3,(H,39,43)/t33-/m1/s1. The van der Waals surface area contributed by atoms with Crippen molar-refractivity contribution in [2.45, 2.75) is 44.7 Å². The number of carbonyl (C=O) groups excluding carboxylic acids is 2. The lowest BCUT2D eigenvalue weighted by molar-refractivity contribution is -0.140. The van der Waals surface area contributed by atoms with Crippen LogP contribution in [0.2, 0.25) is 5.02 Å². The van der Waals surface area contributed by atoms with Gasteiger partial charge in [0.2, 0.25) is 11.8 Å². The minimum atomic E-state index is -4.26. The second kappa shape index (κ2) is 16.3. The molecule has 0 saturated carbocycles. The van der Waals surface area contributed by atoms with Crippen molar-refractivity contribution in [3.05, 3.63) is 123 Å². The molecule has 0 aromatic heterocycles. The fourth-order valence-corrected chi connectivity index (χ4v) is 6.86. The first-order valence-corrected chi connectivity index (χ1v) is 17.8. The summed E-state index contributed by atoms with van der Waals surface area (Å²) >= 11 is 9.91. The largest absolute Gasteiger partial charge is 0.495 e. The van der Waals surface area contributed by atoms with E-state index in [1.807, 2.05) is 75.4 Å². The maximum absolute atomic E-state index is 14.6. The van der Waals surface area contributed by atoms with Crippen molar-refractivity contribution < 1.29 is 22.7 Å².